The predicted molar refractivity (Wildman–Crippen MR) is 105 cm³/mol. The Hall–Kier alpha value is -2.62. The van der Waals surface area contributed by atoms with Gasteiger partial charge in [-0.15, -0.1) is 0 Å². The van der Waals surface area contributed by atoms with Gasteiger partial charge in [-0.2, -0.15) is 0 Å². The SMILES string of the molecule is CCc1ccc(CN(Cc2ccc(CC)cc2C)C(=O)C(N)=O)c(C)c1. The summed E-state index contributed by atoms with van der Waals surface area (Å²) in [6.07, 6.45) is 1.93. The molecule has 2 N–H and O–H groups in total. The van der Waals surface area contributed by atoms with E-state index in [-0.39, 0.29) is 0 Å². The maximum Gasteiger partial charge on any atom is 0.312 e. The Morgan fingerprint density at radius 1 is 0.846 bits per heavy atom. The summed E-state index contributed by atoms with van der Waals surface area (Å²) in [6.45, 7) is 9.02. The first kappa shape index (κ1) is 19.7. The molecule has 0 aromatic heterocycles. The topological polar surface area (TPSA) is 63.4 Å². The van der Waals surface area contributed by atoms with E-state index in [2.05, 4.69) is 38.1 Å². The molecule has 0 spiro atoms. The highest BCUT2D eigenvalue weighted by atomic mass is 16.2. The van der Waals surface area contributed by atoms with E-state index in [0.29, 0.717) is 13.1 Å². The van der Waals surface area contributed by atoms with Gasteiger partial charge in [0, 0.05) is 13.1 Å². The molecule has 2 rings (SSSR count). The molecule has 0 fully saturated rings. The van der Waals surface area contributed by atoms with Crippen LogP contribution in [0.25, 0.3) is 0 Å². The number of primary amides is 1. The van der Waals surface area contributed by atoms with Crippen LogP contribution in [0.3, 0.4) is 0 Å². The second-order valence-electron chi connectivity index (χ2n) is 6.75. The van der Waals surface area contributed by atoms with E-state index in [4.69, 9.17) is 5.73 Å². The number of hydrogen-bond acceptors (Lipinski definition) is 2. The van der Waals surface area contributed by atoms with Gasteiger partial charge in [-0.3, -0.25) is 9.59 Å². The highest BCUT2D eigenvalue weighted by Gasteiger charge is 2.21. The number of amides is 2. The summed E-state index contributed by atoms with van der Waals surface area (Å²) in [5.74, 6) is -1.57. The smallest absolute Gasteiger partial charge is 0.312 e. The van der Waals surface area contributed by atoms with Crippen LogP contribution in [0.2, 0.25) is 0 Å². The van der Waals surface area contributed by atoms with E-state index < -0.39 is 11.8 Å². The van der Waals surface area contributed by atoms with Crippen molar-refractivity contribution in [1.29, 1.82) is 0 Å². The quantitative estimate of drug-likeness (QED) is 0.810. The lowest BCUT2D eigenvalue weighted by Gasteiger charge is -2.24. The minimum atomic E-state index is -0.921. The number of nitrogens with zero attached hydrogens (tertiary/aromatic N) is 1. The number of rotatable bonds is 6. The van der Waals surface area contributed by atoms with Crippen molar-refractivity contribution in [2.45, 2.75) is 53.6 Å². The Bertz CT molecular complexity index is 756. The summed E-state index contributed by atoms with van der Waals surface area (Å²) in [4.78, 5) is 25.4. The van der Waals surface area contributed by atoms with Crippen molar-refractivity contribution in [2.75, 3.05) is 0 Å². The van der Waals surface area contributed by atoms with Crippen LogP contribution in [0.4, 0.5) is 0 Å². The minimum Gasteiger partial charge on any atom is -0.361 e. The van der Waals surface area contributed by atoms with Gasteiger partial charge in [0.05, 0.1) is 0 Å². The first-order valence-electron chi connectivity index (χ1n) is 9.11. The molecule has 2 aromatic rings. The molecule has 2 aromatic carbocycles. The summed E-state index contributed by atoms with van der Waals surface area (Å²) >= 11 is 0. The van der Waals surface area contributed by atoms with Crippen molar-refractivity contribution in [2.24, 2.45) is 5.73 Å². The molecule has 0 heterocycles. The number of benzene rings is 2. The van der Waals surface area contributed by atoms with Crippen LogP contribution in [0.5, 0.6) is 0 Å². The number of nitrogens with two attached hydrogens (primary N) is 1. The van der Waals surface area contributed by atoms with Crippen molar-refractivity contribution in [3.8, 4) is 0 Å². The largest absolute Gasteiger partial charge is 0.361 e. The zero-order valence-corrected chi connectivity index (χ0v) is 16.1. The van der Waals surface area contributed by atoms with Crippen LogP contribution in [-0.4, -0.2) is 16.7 Å². The van der Waals surface area contributed by atoms with E-state index in [9.17, 15) is 9.59 Å². The lowest BCUT2D eigenvalue weighted by atomic mass is 10.0. The molecule has 4 heteroatoms. The van der Waals surface area contributed by atoms with Crippen molar-refractivity contribution in [1.82, 2.24) is 4.90 Å². The van der Waals surface area contributed by atoms with Gasteiger partial charge in [0.2, 0.25) is 0 Å². The maximum absolute atomic E-state index is 12.4. The number of hydrogen-bond donors (Lipinski definition) is 1. The van der Waals surface area contributed by atoms with Crippen LogP contribution in [0, 0.1) is 13.8 Å². The summed E-state index contributed by atoms with van der Waals surface area (Å²) < 4.78 is 0. The van der Waals surface area contributed by atoms with Gasteiger partial charge in [-0.25, -0.2) is 0 Å². The summed E-state index contributed by atoms with van der Waals surface area (Å²) in [7, 11) is 0. The molecule has 0 saturated heterocycles. The third kappa shape index (κ3) is 4.72. The average molecular weight is 352 g/mol. The Labute approximate surface area is 156 Å². The fraction of sp³-hybridized carbons (Fsp3) is 0.364. The molecule has 0 aliphatic heterocycles. The minimum absolute atomic E-state index is 0.368. The third-order valence-electron chi connectivity index (χ3n) is 4.85. The standard InChI is InChI=1S/C22H28N2O2/c1-5-17-7-9-19(15(3)11-17)13-24(22(26)21(23)25)14-20-10-8-18(6-2)12-16(20)4/h7-12H,5-6,13-14H2,1-4H3,(H2,23,25). The molecule has 26 heavy (non-hydrogen) atoms. The fourth-order valence-electron chi connectivity index (χ4n) is 3.08. The molecule has 138 valence electrons. The maximum atomic E-state index is 12.4. The van der Waals surface area contributed by atoms with Crippen molar-refractivity contribution >= 4 is 11.8 Å². The second-order valence-corrected chi connectivity index (χ2v) is 6.75. The summed E-state index contributed by atoms with van der Waals surface area (Å²) in [5.41, 5.74) is 12.1. The first-order chi connectivity index (χ1) is 12.3. The van der Waals surface area contributed by atoms with Crippen LogP contribution >= 0.6 is 0 Å². The highest BCUT2D eigenvalue weighted by Crippen LogP contribution is 2.19. The van der Waals surface area contributed by atoms with E-state index in [1.54, 1.807) is 0 Å². The summed E-state index contributed by atoms with van der Waals surface area (Å²) in [5, 5.41) is 0. The molecule has 0 aliphatic carbocycles. The van der Waals surface area contributed by atoms with E-state index in [1.807, 2.05) is 26.0 Å². The zero-order valence-electron chi connectivity index (χ0n) is 16.1. The van der Waals surface area contributed by atoms with Crippen LogP contribution in [0.15, 0.2) is 36.4 Å². The van der Waals surface area contributed by atoms with Gasteiger partial charge in [-0.1, -0.05) is 50.2 Å². The predicted octanol–water partition coefficient (Wildman–Crippen LogP) is 3.44. The van der Waals surface area contributed by atoms with E-state index >= 15 is 0 Å². The van der Waals surface area contributed by atoms with Crippen LogP contribution in [-0.2, 0) is 35.5 Å². The van der Waals surface area contributed by atoms with Crippen LogP contribution < -0.4 is 5.73 Å². The molecular weight excluding hydrogens is 324 g/mol. The Morgan fingerprint density at radius 2 is 1.27 bits per heavy atom. The number of carbonyl (C=O) groups excluding carboxylic acids is 2. The van der Waals surface area contributed by atoms with Crippen molar-refractivity contribution in [3.05, 3.63) is 69.8 Å². The van der Waals surface area contributed by atoms with Gasteiger partial charge in [0.15, 0.2) is 0 Å². The second kappa shape index (κ2) is 8.65. The lowest BCUT2D eigenvalue weighted by Crippen LogP contribution is -2.39. The van der Waals surface area contributed by atoms with Crippen LogP contribution in [0.1, 0.15) is 47.2 Å². The molecule has 0 radical (unpaired) electrons. The molecule has 2 amide bonds. The molecule has 0 aliphatic rings. The van der Waals surface area contributed by atoms with E-state index in [0.717, 1.165) is 35.1 Å². The Kier molecular flexibility index (Phi) is 6.56. The normalized spacial score (nSPS) is 10.6. The Balaban J connectivity index is 2.29. The summed E-state index contributed by atoms with van der Waals surface area (Å²) in [6, 6.07) is 12.4. The number of carbonyl (C=O) groups is 2. The van der Waals surface area contributed by atoms with Gasteiger partial charge in [-0.05, 0) is 60.1 Å². The first-order valence-corrected chi connectivity index (χ1v) is 9.11. The van der Waals surface area contributed by atoms with Gasteiger partial charge in [0.1, 0.15) is 0 Å². The fourth-order valence-corrected chi connectivity index (χ4v) is 3.08. The molecule has 0 unspecified atom stereocenters. The monoisotopic (exact) mass is 352 g/mol. The van der Waals surface area contributed by atoms with E-state index in [1.165, 1.54) is 16.0 Å². The Morgan fingerprint density at radius 3 is 1.58 bits per heavy atom. The highest BCUT2D eigenvalue weighted by molar-refractivity contribution is 6.34. The molecular formula is C22H28N2O2. The van der Waals surface area contributed by atoms with Gasteiger partial charge < -0.3 is 10.6 Å². The lowest BCUT2D eigenvalue weighted by molar-refractivity contribution is -0.145. The molecule has 4 nitrogen and oxygen atoms in total. The van der Waals surface area contributed by atoms with Crippen molar-refractivity contribution < 1.29 is 9.59 Å². The molecule has 0 saturated carbocycles. The number of aryl methyl sites for hydroxylation is 4. The van der Waals surface area contributed by atoms with Crippen molar-refractivity contribution in [3.63, 3.8) is 0 Å². The zero-order chi connectivity index (χ0) is 19.3. The third-order valence-corrected chi connectivity index (χ3v) is 4.85. The molecule has 0 atom stereocenters. The average Bonchev–Trinajstić information content (AvgIpc) is 2.63. The molecule has 0 bridgehead atoms. The van der Waals surface area contributed by atoms with Gasteiger partial charge >= 0.3 is 11.8 Å². The van der Waals surface area contributed by atoms with Gasteiger partial charge in [0.25, 0.3) is 0 Å².